The lowest BCUT2D eigenvalue weighted by atomic mass is 9.84. The number of ether oxygens (including phenoxy) is 1. The highest BCUT2D eigenvalue weighted by atomic mass is 16.5. The van der Waals surface area contributed by atoms with Crippen LogP contribution in [0.3, 0.4) is 0 Å². The van der Waals surface area contributed by atoms with Crippen molar-refractivity contribution in [3.63, 3.8) is 0 Å². The Labute approximate surface area is 124 Å². The number of piperidine rings is 3. The number of fused-ring (bicyclic) bond motifs is 3. The van der Waals surface area contributed by atoms with Gasteiger partial charge in [0.2, 0.25) is 0 Å². The zero-order valence-corrected chi connectivity index (χ0v) is 12.3. The molecular formula is C16H20N4O. The summed E-state index contributed by atoms with van der Waals surface area (Å²) < 4.78 is 7.27. The molecule has 3 aliphatic heterocycles. The fourth-order valence-corrected chi connectivity index (χ4v) is 3.57. The van der Waals surface area contributed by atoms with E-state index in [1.807, 2.05) is 24.3 Å². The van der Waals surface area contributed by atoms with E-state index in [2.05, 4.69) is 26.1 Å². The van der Waals surface area contributed by atoms with E-state index in [1.165, 1.54) is 25.9 Å². The highest BCUT2D eigenvalue weighted by molar-refractivity contribution is 5.58. The van der Waals surface area contributed by atoms with Crippen LogP contribution < -0.4 is 4.74 Å². The summed E-state index contributed by atoms with van der Waals surface area (Å²) in [5.41, 5.74) is 2.03. The smallest absolute Gasteiger partial charge is 0.118 e. The van der Waals surface area contributed by atoms with Crippen molar-refractivity contribution in [1.82, 2.24) is 19.9 Å². The molecule has 1 aromatic heterocycles. The summed E-state index contributed by atoms with van der Waals surface area (Å²) in [6.45, 7) is 3.62. The first-order chi connectivity index (χ1) is 10.3. The van der Waals surface area contributed by atoms with Gasteiger partial charge in [-0.1, -0.05) is 5.21 Å². The van der Waals surface area contributed by atoms with Crippen molar-refractivity contribution in [3.05, 3.63) is 30.5 Å². The van der Waals surface area contributed by atoms with Gasteiger partial charge in [0.05, 0.1) is 19.3 Å². The third-order valence-electron chi connectivity index (χ3n) is 4.86. The number of methoxy groups -OCH3 is 1. The van der Waals surface area contributed by atoms with Gasteiger partial charge in [0.15, 0.2) is 0 Å². The lowest BCUT2D eigenvalue weighted by molar-refractivity contribution is 0.0504. The summed E-state index contributed by atoms with van der Waals surface area (Å²) in [5, 5.41) is 8.74. The minimum absolute atomic E-state index is 0.493. The van der Waals surface area contributed by atoms with E-state index in [9.17, 15) is 0 Å². The van der Waals surface area contributed by atoms with Gasteiger partial charge in [-0.3, -0.25) is 0 Å². The van der Waals surface area contributed by atoms with E-state index in [0.717, 1.165) is 29.5 Å². The number of rotatable bonds is 3. The van der Waals surface area contributed by atoms with Crippen molar-refractivity contribution in [2.24, 2.45) is 5.92 Å². The topological polar surface area (TPSA) is 43.2 Å². The number of benzene rings is 1. The van der Waals surface area contributed by atoms with Crippen molar-refractivity contribution in [1.29, 1.82) is 0 Å². The fourth-order valence-electron chi connectivity index (χ4n) is 3.57. The zero-order chi connectivity index (χ0) is 14.2. The fraction of sp³-hybridized carbons (Fsp3) is 0.500. The molecule has 1 unspecified atom stereocenters. The highest BCUT2D eigenvalue weighted by Gasteiger charge is 2.35. The summed E-state index contributed by atoms with van der Waals surface area (Å²) >= 11 is 0. The summed E-state index contributed by atoms with van der Waals surface area (Å²) in [6, 6.07) is 8.48. The maximum atomic E-state index is 5.19. The third-order valence-corrected chi connectivity index (χ3v) is 4.86. The van der Waals surface area contributed by atoms with Gasteiger partial charge in [-0.2, -0.15) is 0 Å². The van der Waals surface area contributed by atoms with Crippen LogP contribution in [0.2, 0.25) is 0 Å². The Balaban J connectivity index is 1.57. The predicted molar refractivity (Wildman–Crippen MR) is 80.2 cm³/mol. The Kier molecular flexibility index (Phi) is 3.15. The molecule has 0 N–H and O–H groups in total. The van der Waals surface area contributed by atoms with Gasteiger partial charge in [-0.15, -0.1) is 5.10 Å². The molecule has 1 atom stereocenters. The van der Waals surface area contributed by atoms with Crippen molar-refractivity contribution in [3.8, 4) is 17.0 Å². The molecule has 2 aromatic rings. The molecule has 21 heavy (non-hydrogen) atoms. The van der Waals surface area contributed by atoms with Gasteiger partial charge in [-0.05, 0) is 56.1 Å². The van der Waals surface area contributed by atoms with E-state index in [1.54, 1.807) is 7.11 Å². The minimum Gasteiger partial charge on any atom is -0.497 e. The number of nitrogens with zero attached hydrogens (tertiary/aromatic N) is 4. The monoisotopic (exact) mass is 284 g/mol. The van der Waals surface area contributed by atoms with Crippen LogP contribution in [0.25, 0.3) is 11.3 Å². The normalized spacial score (nSPS) is 27.8. The molecule has 0 radical (unpaired) electrons. The Bertz CT molecular complexity index is 613. The minimum atomic E-state index is 0.493. The molecule has 3 saturated heterocycles. The second-order valence-electron chi connectivity index (χ2n) is 6.02. The van der Waals surface area contributed by atoms with Gasteiger partial charge in [0.1, 0.15) is 11.4 Å². The van der Waals surface area contributed by atoms with Crippen LogP contribution >= 0.6 is 0 Å². The molecule has 4 heterocycles. The maximum absolute atomic E-state index is 5.19. The quantitative estimate of drug-likeness (QED) is 0.867. The van der Waals surface area contributed by atoms with E-state index in [4.69, 9.17) is 4.74 Å². The van der Waals surface area contributed by atoms with Crippen LogP contribution in [0.15, 0.2) is 30.5 Å². The van der Waals surface area contributed by atoms with Crippen molar-refractivity contribution >= 4 is 0 Å². The van der Waals surface area contributed by atoms with Crippen LogP contribution in [-0.2, 0) is 0 Å². The van der Waals surface area contributed by atoms with Crippen molar-refractivity contribution < 1.29 is 4.74 Å². The molecule has 0 spiro atoms. The van der Waals surface area contributed by atoms with Crippen LogP contribution in [0.1, 0.15) is 18.9 Å². The summed E-state index contributed by atoms with van der Waals surface area (Å²) in [5.74, 6) is 1.63. The standard InChI is InChI=1S/C16H20N4O/c1-21-14-4-2-12(3-5-14)15-10-20(18-17-15)16-11-19-8-6-13(16)7-9-19/h2-5,10,13,16H,6-9,11H2,1H3. The molecule has 5 heteroatoms. The largest absolute Gasteiger partial charge is 0.497 e. The highest BCUT2D eigenvalue weighted by Crippen LogP contribution is 2.35. The Hall–Kier alpha value is -1.88. The SMILES string of the molecule is COc1ccc(-c2cn(C3CN4CCC3CC4)nn2)cc1. The summed E-state index contributed by atoms with van der Waals surface area (Å²) in [6.07, 6.45) is 4.68. The lowest BCUT2D eigenvalue weighted by Crippen LogP contribution is -2.48. The molecule has 1 aromatic carbocycles. The van der Waals surface area contributed by atoms with Crippen molar-refractivity contribution in [2.75, 3.05) is 26.7 Å². The first-order valence-corrected chi connectivity index (χ1v) is 7.62. The summed E-state index contributed by atoms with van der Waals surface area (Å²) in [7, 11) is 1.68. The van der Waals surface area contributed by atoms with E-state index in [0.29, 0.717) is 6.04 Å². The average molecular weight is 284 g/mol. The molecular weight excluding hydrogens is 264 g/mol. The first kappa shape index (κ1) is 12.8. The molecule has 3 fully saturated rings. The number of aromatic nitrogens is 3. The Morgan fingerprint density at radius 2 is 1.90 bits per heavy atom. The average Bonchev–Trinajstić information content (AvgIpc) is 3.06. The van der Waals surface area contributed by atoms with E-state index >= 15 is 0 Å². The predicted octanol–water partition coefficient (Wildman–Crippen LogP) is 2.22. The van der Waals surface area contributed by atoms with Crippen LogP contribution in [0.5, 0.6) is 5.75 Å². The number of hydrogen-bond donors (Lipinski definition) is 0. The lowest BCUT2D eigenvalue weighted by Gasteiger charge is -2.44. The molecule has 110 valence electrons. The Morgan fingerprint density at radius 3 is 2.52 bits per heavy atom. The second kappa shape index (κ2) is 5.15. The molecule has 3 aliphatic rings. The molecule has 0 saturated carbocycles. The second-order valence-corrected chi connectivity index (χ2v) is 6.02. The summed E-state index contributed by atoms with van der Waals surface area (Å²) in [4.78, 5) is 2.54. The van der Waals surface area contributed by atoms with E-state index in [-0.39, 0.29) is 0 Å². The molecule has 0 amide bonds. The van der Waals surface area contributed by atoms with Crippen molar-refractivity contribution in [2.45, 2.75) is 18.9 Å². The van der Waals surface area contributed by atoms with Gasteiger partial charge in [0, 0.05) is 12.1 Å². The van der Waals surface area contributed by atoms with Gasteiger partial charge < -0.3 is 9.64 Å². The van der Waals surface area contributed by atoms with Crippen LogP contribution in [-0.4, -0.2) is 46.6 Å². The molecule has 2 bridgehead atoms. The van der Waals surface area contributed by atoms with Gasteiger partial charge in [-0.25, -0.2) is 4.68 Å². The Morgan fingerprint density at radius 1 is 1.14 bits per heavy atom. The van der Waals surface area contributed by atoms with Gasteiger partial charge in [0.25, 0.3) is 0 Å². The van der Waals surface area contributed by atoms with Crippen LogP contribution in [0.4, 0.5) is 0 Å². The van der Waals surface area contributed by atoms with Gasteiger partial charge >= 0.3 is 0 Å². The van der Waals surface area contributed by atoms with Crippen LogP contribution in [0, 0.1) is 5.92 Å². The zero-order valence-electron chi connectivity index (χ0n) is 12.3. The molecule has 5 nitrogen and oxygen atoms in total. The number of hydrogen-bond acceptors (Lipinski definition) is 4. The molecule has 0 aliphatic carbocycles. The molecule has 5 rings (SSSR count). The third kappa shape index (κ3) is 2.31. The maximum Gasteiger partial charge on any atom is 0.118 e. The first-order valence-electron chi connectivity index (χ1n) is 7.62. The van der Waals surface area contributed by atoms with E-state index < -0.39 is 0 Å².